The van der Waals surface area contributed by atoms with Crippen molar-refractivity contribution in [3.63, 3.8) is 0 Å². The quantitative estimate of drug-likeness (QED) is 0.563. The molecule has 9 heteroatoms. The number of hydrogen-bond donors (Lipinski definition) is 0. The topological polar surface area (TPSA) is 93.2 Å². The molecule has 0 saturated carbocycles. The van der Waals surface area contributed by atoms with Gasteiger partial charge in [0.15, 0.2) is 6.61 Å². The van der Waals surface area contributed by atoms with Gasteiger partial charge in [-0.05, 0) is 54.8 Å². The Hall–Kier alpha value is -2.91. The van der Waals surface area contributed by atoms with Crippen LogP contribution in [0.1, 0.15) is 36.2 Å². The largest absolute Gasteiger partial charge is 0.482 e. The molecular weight excluding hydrogens is 432 g/mol. The first-order valence-electron chi connectivity index (χ1n) is 10.6. The minimum absolute atomic E-state index is 0.214. The first-order valence-corrected chi connectivity index (χ1v) is 12.0. The Morgan fingerprint density at radius 3 is 2.53 bits per heavy atom. The number of methoxy groups -OCH3 is 1. The van der Waals surface area contributed by atoms with Crippen LogP contribution in [-0.4, -0.2) is 58.0 Å². The summed E-state index contributed by atoms with van der Waals surface area (Å²) in [4.78, 5) is 26.4. The summed E-state index contributed by atoms with van der Waals surface area (Å²) in [5.41, 5.74) is 1.96. The molecule has 0 saturated heterocycles. The van der Waals surface area contributed by atoms with Crippen LogP contribution in [0, 0.1) is 0 Å². The molecule has 1 aliphatic rings. The van der Waals surface area contributed by atoms with E-state index in [1.165, 1.54) is 11.4 Å². The number of benzene rings is 2. The van der Waals surface area contributed by atoms with Crippen LogP contribution in [0.5, 0.6) is 5.75 Å². The van der Waals surface area contributed by atoms with Gasteiger partial charge < -0.3 is 14.4 Å². The molecule has 2 aromatic carbocycles. The molecular formula is C23H28N2O6S. The molecule has 0 radical (unpaired) electrons. The molecule has 1 amide bonds. The second-order valence-corrected chi connectivity index (χ2v) is 9.27. The number of nitrogens with zero attached hydrogens (tertiary/aromatic N) is 2. The van der Waals surface area contributed by atoms with Crippen molar-refractivity contribution >= 4 is 27.6 Å². The lowest BCUT2D eigenvalue weighted by atomic mass is 10.0. The molecule has 2 aromatic rings. The molecule has 0 fully saturated rings. The molecule has 0 unspecified atom stereocenters. The number of fused-ring (bicyclic) bond motifs is 1. The number of carbonyl (C=O) groups excluding carboxylic acids is 2. The summed E-state index contributed by atoms with van der Waals surface area (Å²) in [6, 6.07) is 11.6. The van der Waals surface area contributed by atoms with Gasteiger partial charge in [0.2, 0.25) is 10.0 Å². The van der Waals surface area contributed by atoms with Gasteiger partial charge in [-0.2, -0.15) is 4.31 Å². The fourth-order valence-corrected chi connectivity index (χ4v) is 5.24. The lowest BCUT2D eigenvalue weighted by Gasteiger charge is -2.30. The first-order chi connectivity index (χ1) is 15.3. The number of aryl methyl sites for hydroxylation is 1. The van der Waals surface area contributed by atoms with Crippen molar-refractivity contribution < 1.29 is 27.5 Å². The second-order valence-electron chi connectivity index (χ2n) is 7.33. The van der Waals surface area contributed by atoms with E-state index in [1.807, 2.05) is 13.8 Å². The fraction of sp³-hybridized carbons (Fsp3) is 0.391. The summed E-state index contributed by atoms with van der Waals surface area (Å²) < 4.78 is 37.1. The second kappa shape index (κ2) is 10.1. The van der Waals surface area contributed by atoms with Crippen LogP contribution in [-0.2, 0) is 26.0 Å². The van der Waals surface area contributed by atoms with Crippen molar-refractivity contribution in [2.24, 2.45) is 0 Å². The van der Waals surface area contributed by atoms with E-state index in [2.05, 4.69) is 4.74 Å². The maximum Gasteiger partial charge on any atom is 0.343 e. The number of hydrogen-bond acceptors (Lipinski definition) is 6. The molecule has 3 rings (SSSR count). The standard InChI is InChI=1S/C23H28N2O6S/c1-4-24(5-2)32(28,29)20-11-12-21-17(15-20)9-7-13-25(21)23(27)18-8-6-10-19(14-18)31-16-22(26)30-3/h6,8,10-12,14-15H,4-5,7,9,13,16H2,1-3H3. The molecule has 1 aliphatic heterocycles. The van der Waals surface area contributed by atoms with Crippen molar-refractivity contribution in [3.05, 3.63) is 53.6 Å². The minimum Gasteiger partial charge on any atom is -0.482 e. The average molecular weight is 461 g/mol. The Bertz CT molecular complexity index is 1100. The number of amides is 1. The van der Waals surface area contributed by atoms with E-state index in [0.29, 0.717) is 43.1 Å². The summed E-state index contributed by atoms with van der Waals surface area (Å²) in [6.45, 7) is 4.70. The highest BCUT2D eigenvalue weighted by atomic mass is 32.2. The highest BCUT2D eigenvalue weighted by molar-refractivity contribution is 7.89. The highest BCUT2D eigenvalue weighted by Crippen LogP contribution is 2.32. The van der Waals surface area contributed by atoms with Crippen LogP contribution in [0.3, 0.4) is 0 Å². The van der Waals surface area contributed by atoms with Gasteiger partial charge in [0.05, 0.1) is 12.0 Å². The van der Waals surface area contributed by atoms with Crippen LogP contribution in [0.15, 0.2) is 47.4 Å². The predicted octanol–water partition coefficient (Wildman–Crippen LogP) is 2.86. The fourth-order valence-electron chi connectivity index (χ4n) is 3.73. The van der Waals surface area contributed by atoms with Crippen LogP contribution in [0.2, 0.25) is 0 Å². The Labute approximate surface area is 188 Å². The van der Waals surface area contributed by atoms with Gasteiger partial charge in [-0.1, -0.05) is 19.9 Å². The SMILES string of the molecule is CCN(CC)S(=O)(=O)c1ccc2c(c1)CCCN2C(=O)c1cccc(OCC(=O)OC)c1. The Balaban J connectivity index is 1.86. The van der Waals surface area contributed by atoms with Crippen molar-refractivity contribution in [2.75, 3.05) is 38.3 Å². The molecule has 172 valence electrons. The Morgan fingerprint density at radius 2 is 1.84 bits per heavy atom. The molecule has 0 atom stereocenters. The summed E-state index contributed by atoms with van der Waals surface area (Å²) in [6.07, 6.45) is 1.43. The molecule has 0 spiro atoms. The van der Waals surface area contributed by atoms with Crippen molar-refractivity contribution in [1.82, 2.24) is 4.31 Å². The van der Waals surface area contributed by atoms with E-state index in [1.54, 1.807) is 47.4 Å². The van der Waals surface area contributed by atoms with Gasteiger partial charge in [0, 0.05) is 30.9 Å². The number of rotatable bonds is 8. The molecule has 0 N–H and O–H groups in total. The molecule has 0 aliphatic carbocycles. The van der Waals surface area contributed by atoms with E-state index < -0.39 is 16.0 Å². The van der Waals surface area contributed by atoms with E-state index >= 15 is 0 Å². The zero-order valence-electron chi connectivity index (χ0n) is 18.5. The predicted molar refractivity (Wildman–Crippen MR) is 120 cm³/mol. The minimum atomic E-state index is -3.57. The number of ether oxygens (including phenoxy) is 2. The lowest BCUT2D eigenvalue weighted by molar-refractivity contribution is -0.142. The zero-order chi connectivity index (χ0) is 23.3. The monoisotopic (exact) mass is 460 g/mol. The van der Waals surface area contributed by atoms with Crippen LogP contribution in [0.4, 0.5) is 5.69 Å². The van der Waals surface area contributed by atoms with Gasteiger partial charge in [0.25, 0.3) is 5.91 Å². The summed E-state index contributed by atoms with van der Waals surface area (Å²) in [7, 11) is -2.29. The normalized spacial score (nSPS) is 13.6. The van der Waals surface area contributed by atoms with Crippen LogP contribution >= 0.6 is 0 Å². The average Bonchev–Trinajstić information content (AvgIpc) is 2.82. The zero-order valence-corrected chi connectivity index (χ0v) is 19.4. The van der Waals surface area contributed by atoms with Crippen molar-refractivity contribution in [2.45, 2.75) is 31.6 Å². The van der Waals surface area contributed by atoms with Crippen LogP contribution in [0.25, 0.3) is 0 Å². The number of anilines is 1. The first kappa shape index (κ1) is 23.7. The third-order valence-electron chi connectivity index (χ3n) is 5.42. The third-order valence-corrected chi connectivity index (χ3v) is 7.47. The Morgan fingerprint density at radius 1 is 1.09 bits per heavy atom. The highest BCUT2D eigenvalue weighted by Gasteiger charge is 2.27. The summed E-state index contributed by atoms with van der Waals surface area (Å²) >= 11 is 0. The molecule has 0 aromatic heterocycles. The van der Waals surface area contributed by atoms with Crippen molar-refractivity contribution in [1.29, 1.82) is 0 Å². The van der Waals surface area contributed by atoms with E-state index in [4.69, 9.17) is 4.74 Å². The number of carbonyl (C=O) groups is 2. The maximum absolute atomic E-state index is 13.2. The molecule has 1 heterocycles. The number of esters is 1. The maximum atomic E-state index is 13.2. The van der Waals surface area contributed by atoms with E-state index in [0.717, 1.165) is 12.0 Å². The smallest absolute Gasteiger partial charge is 0.343 e. The van der Waals surface area contributed by atoms with Gasteiger partial charge in [-0.25, -0.2) is 13.2 Å². The summed E-state index contributed by atoms with van der Waals surface area (Å²) in [5.74, 6) is -0.338. The number of sulfonamides is 1. The van der Waals surface area contributed by atoms with Gasteiger partial charge >= 0.3 is 5.97 Å². The Kier molecular flexibility index (Phi) is 7.52. The van der Waals surface area contributed by atoms with Gasteiger partial charge in [0.1, 0.15) is 5.75 Å². The van der Waals surface area contributed by atoms with E-state index in [-0.39, 0.29) is 17.4 Å². The molecule has 0 bridgehead atoms. The summed E-state index contributed by atoms with van der Waals surface area (Å²) in [5, 5.41) is 0. The molecule has 8 nitrogen and oxygen atoms in total. The van der Waals surface area contributed by atoms with Crippen LogP contribution < -0.4 is 9.64 Å². The third kappa shape index (κ3) is 4.94. The van der Waals surface area contributed by atoms with Crippen molar-refractivity contribution in [3.8, 4) is 5.75 Å². The van der Waals surface area contributed by atoms with E-state index in [9.17, 15) is 18.0 Å². The van der Waals surface area contributed by atoms with Gasteiger partial charge in [-0.3, -0.25) is 4.79 Å². The van der Waals surface area contributed by atoms with Gasteiger partial charge in [-0.15, -0.1) is 0 Å². The molecule has 32 heavy (non-hydrogen) atoms. The lowest BCUT2D eigenvalue weighted by Crippen LogP contribution is -2.36.